The predicted octanol–water partition coefficient (Wildman–Crippen LogP) is 5.35. The van der Waals surface area contributed by atoms with Gasteiger partial charge in [-0.25, -0.2) is 0 Å². The van der Waals surface area contributed by atoms with Crippen LogP contribution >= 0.6 is 0 Å². The number of halogens is 3. The first-order valence-corrected chi connectivity index (χ1v) is 12.5. The van der Waals surface area contributed by atoms with Crippen molar-refractivity contribution < 1.29 is 18.3 Å². The number of hydrogen-bond acceptors (Lipinski definition) is 4. The molecule has 0 amide bonds. The van der Waals surface area contributed by atoms with Gasteiger partial charge in [0.1, 0.15) is 0 Å². The van der Waals surface area contributed by atoms with Gasteiger partial charge < -0.3 is 14.9 Å². The second-order valence-corrected chi connectivity index (χ2v) is 10.1. The normalized spacial score (nSPS) is 24.9. The molecule has 2 heterocycles. The molecule has 1 atom stereocenters. The molecule has 7 heteroatoms. The largest absolute Gasteiger partial charge is 0.482 e. The number of alkyl halides is 3. The quantitative estimate of drug-likeness (QED) is 0.570. The Kier molecular flexibility index (Phi) is 7.68. The lowest BCUT2D eigenvalue weighted by Crippen LogP contribution is -2.50. The van der Waals surface area contributed by atoms with Crippen molar-refractivity contribution in [3.63, 3.8) is 0 Å². The van der Waals surface area contributed by atoms with E-state index in [2.05, 4.69) is 9.80 Å². The average Bonchev–Trinajstić information content (AvgIpc) is 2.79. The Morgan fingerprint density at radius 2 is 1.50 bits per heavy atom. The summed E-state index contributed by atoms with van der Waals surface area (Å²) in [5.41, 5.74) is 0.208. The van der Waals surface area contributed by atoms with Crippen molar-refractivity contribution in [2.45, 2.75) is 88.1 Å². The summed E-state index contributed by atoms with van der Waals surface area (Å²) in [4.78, 5) is 5.14. The van der Waals surface area contributed by atoms with Crippen LogP contribution in [0.15, 0.2) is 24.3 Å². The number of piperidine rings is 2. The van der Waals surface area contributed by atoms with E-state index in [0.29, 0.717) is 6.04 Å². The molecule has 180 valence electrons. The highest BCUT2D eigenvalue weighted by atomic mass is 19.4. The second kappa shape index (κ2) is 10.3. The first-order chi connectivity index (χ1) is 15.3. The molecule has 1 aromatic carbocycles. The summed E-state index contributed by atoms with van der Waals surface area (Å²) in [6, 6.07) is 7.20. The smallest absolute Gasteiger partial charge is 0.389 e. The van der Waals surface area contributed by atoms with E-state index in [9.17, 15) is 18.3 Å². The number of nitrogens with one attached hydrogen (secondary N) is 1. The number of anilines is 1. The molecule has 3 aliphatic rings. The minimum absolute atomic E-state index is 0.0398. The van der Waals surface area contributed by atoms with Crippen LogP contribution in [0.25, 0.3) is 0 Å². The zero-order valence-corrected chi connectivity index (χ0v) is 19.0. The lowest BCUT2D eigenvalue weighted by molar-refractivity contribution is -0.0999. The van der Waals surface area contributed by atoms with Gasteiger partial charge in [0, 0.05) is 24.2 Å². The third-order valence-corrected chi connectivity index (χ3v) is 7.87. The van der Waals surface area contributed by atoms with Crippen LogP contribution in [0.2, 0.25) is 0 Å². The molecule has 1 unspecified atom stereocenters. The van der Waals surface area contributed by atoms with Crippen molar-refractivity contribution in [3.05, 3.63) is 29.8 Å². The van der Waals surface area contributed by atoms with Gasteiger partial charge in [-0.15, -0.1) is 0 Å². The van der Waals surface area contributed by atoms with Crippen LogP contribution in [-0.2, 0) is 0 Å². The van der Waals surface area contributed by atoms with Crippen molar-refractivity contribution in [1.82, 2.24) is 9.80 Å². The maximum Gasteiger partial charge on any atom is 0.482 e. The van der Waals surface area contributed by atoms with E-state index in [1.54, 1.807) is 17.4 Å². The fraction of sp³-hybridized carbons (Fsp3) is 0.760. The van der Waals surface area contributed by atoms with Gasteiger partial charge in [0.25, 0.3) is 0 Å². The van der Waals surface area contributed by atoms with Crippen molar-refractivity contribution in [3.8, 4) is 0 Å². The lowest BCUT2D eigenvalue weighted by atomic mass is 9.72. The Bertz CT molecular complexity index is 704. The molecule has 1 aliphatic carbocycles. The van der Waals surface area contributed by atoms with Crippen molar-refractivity contribution in [2.75, 3.05) is 38.0 Å². The number of hydrogen-bond donors (Lipinski definition) is 2. The molecule has 0 aromatic heterocycles. The first-order valence-electron chi connectivity index (χ1n) is 12.5. The summed E-state index contributed by atoms with van der Waals surface area (Å²) < 4.78 is 38.0. The number of likely N-dealkylation sites (tertiary alicyclic amines) is 2. The molecule has 0 bridgehead atoms. The van der Waals surface area contributed by atoms with Crippen molar-refractivity contribution in [1.29, 1.82) is 0 Å². The molecule has 0 spiro atoms. The van der Waals surface area contributed by atoms with Crippen molar-refractivity contribution in [2.24, 2.45) is 0 Å². The third-order valence-electron chi connectivity index (χ3n) is 7.87. The molecule has 2 saturated heterocycles. The van der Waals surface area contributed by atoms with Gasteiger partial charge in [-0.05, 0) is 82.4 Å². The Morgan fingerprint density at radius 3 is 2.09 bits per heavy atom. The zero-order valence-electron chi connectivity index (χ0n) is 19.0. The first kappa shape index (κ1) is 23.8. The summed E-state index contributed by atoms with van der Waals surface area (Å²) in [7, 11) is 0. The summed E-state index contributed by atoms with van der Waals surface area (Å²) >= 11 is 0. The number of aliphatic hydroxyl groups is 1. The van der Waals surface area contributed by atoms with E-state index in [1.807, 2.05) is 0 Å². The Labute approximate surface area is 190 Å². The molecule has 2 N–H and O–H groups in total. The fourth-order valence-corrected chi connectivity index (χ4v) is 6.07. The van der Waals surface area contributed by atoms with E-state index in [4.69, 9.17) is 0 Å². The SMILES string of the molecule is OC1(C(CN2CCC(N3CCCCC3)CC2)c2ccc(NC(F)(F)F)cc2)CCCCC1. The minimum Gasteiger partial charge on any atom is -0.389 e. The number of rotatable bonds is 6. The van der Waals surface area contributed by atoms with Gasteiger partial charge in [-0.3, -0.25) is 5.32 Å². The fourth-order valence-electron chi connectivity index (χ4n) is 6.07. The molecule has 32 heavy (non-hydrogen) atoms. The third kappa shape index (κ3) is 6.17. The molecule has 1 saturated carbocycles. The molecule has 1 aromatic rings. The van der Waals surface area contributed by atoms with Crippen LogP contribution < -0.4 is 5.32 Å². The summed E-state index contributed by atoms with van der Waals surface area (Å²) in [6.45, 7) is 5.29. The van der Waals surface area contributed by atoms with E-state index >= 15 is 0 Å². The van der Waals surface area contributed by atoms with Gasteiger partial charge in [0.15, 0.2) is 0 Å². The molecule has 3 fully saturated rings. The molecule has 4 rings (SSSR count). The lowest BCUT2D eigenvalue weighted by Gasteiger charge is -2.44. The standard InChI is InChI=1S/C25H38F3N3O/c26-25(27,28)29-21-9-7-20(8-10-21)23(24(32)13-3-1-4-14-24)19-30-17-11-22(12-18-30)31-15-5-2-6-16-31/h7-10,22-23,29,32H,1-6,11-19H2. The van der Waals surface area contributed by atoms with Gasteiger partial charge in [0.2, 0.25) is 0 Å². The average molecular weight is 454 g/mol. The van der Waals surface area contributed by atoms with Gasteiger partial charge in [-0.1, -0.05) is 37.8 Å². The van der Waals surface area contributed by atoms with Gasteiger partial charge in [-0.2, -0.15) is 13.2 Å². The summed E-state index contributed by atoms with van der Waals surface area (Å²) in [5, 5.41) is 13.2. The van der Waals surface area contributed by atoms with Crippen LogP contribution in [0.1, 0.15) is 75.7 Å². The Hall–Kier alpha value is -1.31. The number of benzene rings is 1. The van der Waals surface area contributed by atoms with Crippen LogP contribution in [0, 0.1) is 0 Å². The molecular formula is C25H38F3N3O. The monoisotopic (exact) mass is 453 g/mol. The molecule has 2 aliphatic heterocycles. The van der Waals surface area contributed by atoms with Crippen molar-refractivity contribution >= 4 is 5.69 Å². The van der Waals surface area contributed by atoms with E-state index in [0.717, 1.165) is 57.3 Å². The minimum atomic E-state index is -4.44. The maximum atomic E-state index is 12.7. The zero-order chi connectivity index (χ0) is 22.6. The van der Waals surface area contributed by atoms with Crippen LogP contribution in [0.4, 0.5) is 18.9 Å². The summed E-state index contributed by atoms with van der Waals surface area (Å²) in [5.74, 6) is -0.0747. The Morgan fingerprint density at radius 1 is 0.906 bits per heavy atom. The topological polar surface area (TPSA) is 38.7 Å². The highest BCUT2D eigenvalue weighted by Gasteiger charge is 2.40. The second-order valence-electron chi connectivity index (χ2n) is 10.1. The predicted molar refractivity (Wildman–Crippen MR) is 122 cm³/mol. The molecule has 0 radical (unpaired) electrons. The van der Waals surface area contributed by atoms with Gasteiger partial charge >= 0.3 is 6.30 Å². The summed E-state index contributed by atoms with van der Waals surface area (Å²) in [6.07, 6.45) is 6.57. The highest BCUT2D eigenvalue weighted by molar-refractivity contribution is 5.46. The van der Waals surface area contributed by atoms with Crippen LogP contribution in [0.3, 0.4) is 0 Å². The Balaban J connectivity index is 1.43. The van der Waals surface area contributed by atoms with Crippen LogP contribution in [0.5, 0.6) is 0 Å². The highest BCUT2D eigenvalue weighted by Crippen LogP contribution is 2.41. The van der Waals surface area contributed by atoms with Crippen LogP contribution in [-0.4, -0.2) is 65.6 Å². The maximum absolute atomic E-state index is 12.7. The van der Waals surface area contributed by atoms with E-state index in [-0.39, 0.29) is 11.6 Å². The van der Waals surface area contributed by atoms with Gasteiger partial charge in [0.05, 0.1) is 5.60 Å². The number of nitrogens with zero attached hydrogens (tertiary/aromatic N) is 2. The van der Waals surface area contributed by atoms with E-state index < -0.39 is 11.9 Å². The van der Waals surface area contributed by atoms with E-state index in [1.165, 1.54) is 57.3 Å². The molecular weight excluding hydrogens is 415 g/mol. The molecule has 4 nitrogen and oxygen atoms in total.